The van der Waals surface area contributed by atoms with Crippen molar-refractivity contribution < 1.29 is 43.0 Å². The van der Waals surface area contributed by atoms with E-state index in [1.165, 1.54) is 24.4 Å². The van der Waals surface area contributed by atoms with Crippen LogP contribution in [-0.2, 0) is 28.8 Å². The molecule has 38 heavy (non-hydrogen) atoms. The summed E-state index contributed by atoms with van der Waals surface area (Å²) in [4.78, 5) is 69.2. The predicted molar refractivity (Wildman–Crippen MR) is 134 cm³/mol. The highest BCUT2D eigenvalue weighted by molar-refractivity contribution is 7.13. The van der Waals surface area contributed by atoms with Crippen LogP contribution in [0.25, 0.3) is 0 Å². The first-order valence-corrected chi connectivity index (χ1v) is 11.8. The molecule has 0 aliphatic rings. The Morgan fingerprint density at radius 3 is 2.21 bits per heavy atom. The molecule has 0 fully saturated rings. The number of nitrogens with zero attached hydrogens (tertiary/aromatic N) is 2. The maximum Gasteiger partial charge on any atom is 0.363 e. The summed E-state index contributed by atoms with van der Waals surface area (Å²) in [6, 6.07) is 3.68. The summed E-state index contributed by atoms with van der Waals surface area (Å²) in [6.45, 7) is 8.60. The molecular formula is C23H27N5O9S. The Kier molecular flexibility index (Phi) is 9.87. The van der Waals surface area contributed by atoms with Gasteiger partial charge in [-0.05, 0) is 45.9 Å². The number of benzene rings is 1. The van der Waals surface area contributed by atoms with Crippen LogP contribution in [0.3, 0.4) is 0 Å². The van der Waals surface area contributed by atoms with Crippen molar-refractivity contribution in [1.82, 2.24) is 15.8 Å². The number of anilines is 1. The van der Waals surface area contributed by atoms with Crippen LogP contribution >= 0.6 is 11.3 Å². The second-order valence-corrected chi connectivity index (χ2v) is 9.44. The van der Waals surface area contributed by atoms with Crippen molar-refractivity contribution in [3.8, 4) is 11.5 Å². The van der Waals surface area contributed by atoms with Crippen LogP contribution in [0.4, 0.5) is 5.13 Å². The lowest BCUT2D eigenvalue weighted by atomic mass is 10.2. The lowest BCUT2D eigenvalue weighted by Crippen LogP contribution is -2.46. The van der Waals surface area contributed by atoms with Crippen molar-refractivity contribution in [1.29, 1.82) is 0 Å². The fraction of sp³-hybridized carbons (Fsp3) is 0.348. The molecule has 0 aliphatic heterocycles. The van der Waals surface area contributed by atoms with Gasteiger partial charge in [-0.15, -0.1) is 11.3 Å². The number of hydrogen-bond acceptors (Lipinski definition) is 13. The quantitative estimate of drug-likeness (QED) is 0.187. The van der Waals surface area contributed by atoms with Gasteiger partial charge in [0.2, 0.25) is 11.8 Å². The molecule has 2 amide bonds. The molecule has 0 saturated heterocycles. The molecule has 2 rings (SSSR count). The van der Waals surface area contributed by atoms with Crippen LogP contribution in [0.2, 0.25) is 0 Å². The first kappa shape index (κ1) is 29.7. The zero-order chi connectivity index (χ0) is 28.6. The summed E-state index contributed by atoms with van der Waals surface area (Å²) in [7, 11) is 0. The number of nitrogens with one attached hydrogen (secondary N) is 2. The Hall–Kier alpha value is -4.53. The lowest BCUT2D eigenvalue weighted by Gasteiger charge is -2.19. The number of oxime groups is 1. The summed E-state index contributed by atoms with van der Waals surface area (Å²) >= 11 is 1.07. The maximum atomic E-state index is 12.6. The highest BCUT2D eigenvalue weighted by Gasteiger charge is 2.26. The first-order valence-electron chi connectivity index (χ1n) is 11.0. The summed E-state index contributed by atoms with van der Waals surface area (Å²) in [6.07, 6.45) is -1.27. The zero-order valence-electron chi connectivity index (χ0n) is 21.4. The van der Waals surface area contributed by atoms with Crippen molar-refractivity contribution in [3.63, 3.8) is 0 Å². The van der Waals surface area contributed by atoms with Crippen molar-refractivity contribution in [2.24, 2.45) is 5.16 Å². The Balaban J connectivity index is 2.09. The largest absolute Gasteiger partial charge is 0.455 e. The van der Waals surface area contributed by atoms with E-state index in [1.54, 1.807) is 20.8 Å². The van der Waals surface area contributed by atoms with Gasteiger partial charge >= 0.3 is 17.9 Å². The van der Waals surface area contributed by atoms with Gasteiger partial charge < -0.3 is 24.8 Å². The molecule has 0 aliphatic carbocycles. The molecule has 1 unspecified atom stereocenters. The maximum absolute atomic E-state index is 12.6. The highest BCUT2D eigenvalue weighted by Crippen LogP contribution is 2.29. The van der Waals surface area contributed by atoms with Gasteiger partial charge in [-0.1, -0.05) is 5.16 Å². The van der Waals surface area contributed by atoms with E-state index in [0.29, 0.717) is 0 Å². The number of thiazole rings is 1. The molecule has 0 spiro atoms. The summed E-state index contributed by atoms with van der Waals surface area (Å²) < 4.78 is 15.2. The third-order valence-corrected chi connectivity index (χ3v) is 4.71. The molecule has 4 N–H and O–H groups in total. The van der Waals surface area contributed by atoms with Crippen LogP contribution in [0.15, 0.2) is 28.7 Å². The van der Waals surface area contributed by atoms with Gasteiger partial charge in [0.25, 0.3) is 11.8 Å². The molecule has 0 bridgehead atoms. The second kappa shape index (κ2) is 12.6. The van der Waals surface area contributed by atoms with Crippen LogP contribution in [0.1, 0.15) is 57.6 Å². The lowest BCUT2D eigenvalue weighted by molar-refractivity contribution is -0.146. The van der Waals surface area contributed by atoms with E-state index in [2.05, 4.69) is 21.0 Å². The third kappa shape index (κ3) is 9.16. The molecule has 204 valence electrons. The molecule has 0 saturated carbocycles. The van der Waals surface area contributed by atoms with Gasteiger partial charge in [-0.3, -0.25) is 30.0 Å². The number of nitrogens with two attached hydrogens (primary N) is 1. The monoisotopic (exact) mass is 549 g/mol. The number of rotatable bonds is 8. The Bertz CT molecular complexity index is 1270. The van der Waals surface area contributed by atoms with E-state index in [9.17, 15) is 24.0 Å². The molecule has 15 heteroatoms. The predicted octanol–water partition coefficient (Wildman–Crippen LogP) is 1.49. The van der Waals surface area contributed by atoms with E-state index < -0.39 is 41.4 Å². The number of amides is 2. The average molecular weight is 550 g/mol. The average Bonchev–Trinajstić information content (AvgIpc) is 3.22. The highest BCUT2D eigenvalue weighted by atomic mass is 32.1. The van der Waals surface area contributed by atoms with E-state index in [1.807, 2.05) is 0 Å². The van der Waals surface area contributed by atoms with Gasteiger partial charge in [0.05, 0.1) is 0 Å². The zero-order valence-corrected chi connectivity index (χ0v) is 22.3. The third-order valence-electron chi connectivity index (χ3n) is 4.04. The summed E-state index contributed by atoms with van der Waals surface area (Å²) in [5, 5.41) is 5.40. The summed E-state index contributed by atoms with van der Waals surface area (Å²) in [5.41, 5.74) is 8.88. The fourth-order valence-corrected chi connectivity index (χ4v) is 3.05. The first-order chi connectivity index (χ1) is 17.7. The van der Waals surface area contributed by atoms with Crippen molar-refractivity contribution >= 4 is 51.9 Å². The van der Waals surface area contributed by atoms with Crippen LogP contribution in [-0.4, -0.2) is 52.1 Å². The number of hydrazine groups is 1. The number of nitrogen functional groups attached to an aromatic ring is 1. The normalized spacial score (nSPS) is 12.1. The molecular weight excluding hydrogens is 522 g/mol. The SMILES string of the molecule is CC(=O)Oc1ccc(C(=O)NNC(=O)C(C)O/N=C(\C(=O)OC(C)(C)C)c2csc(N)n2)cc1OC(C)=O. The second-order valence-electron chi connectivity index (χ2n) is 8.55. The molecule has 1 atom stereocenters. The smallest absolute Gasteiger partial charge is 0.363 e. The van der Waals surface area contributed by atoms with Crippen LogP contribution in [0.5, 0.6) is 11.5 Å². The number of esters is 3. The van der Waals surface area contributed by atoms with E-state index in [4.69, 9.17) is 24.8 Å². The van der Waals surface area contributed by atoms with Crippen molar-refractivity contribution in [3.05, 3.63) is 34.8 Å². The standard InChI is InChI=1S/C23H27N5O9S/c1-11(37-28-18(15-10-38-22(24)25-15)21(33)36-23(4,5)6)19(31)26-27-20(32)14-7-8-16(34-12(2)29)17(9-14)35-13(3)30/h7-11H,1-6H3,(H2,24,25)(H,26,31)(H,27,32)/b28-18-. The van der Waals surface area contributed by atoms with Crippen LogP contribution in [0, 0.1) is 0 Å². The fourth-order valence-electron chi connectivity index (χ4n) is 2.51. The Morgan fingerprint density at radius 2 is 1.66 bits per heavy atom. The minimum absolute atomic E-state index is 0.0302. The number of carbonyl (C=O) groups is 5. The molecule has 14 nitrogen and oxygen atoms in total. The number of aromatic nitrogens is 1. The topological polar surface area (TPSA) is 198 Å². The minimum Gasteiger partial charge on any atom is -0.455 e. The Labute approximate surface area is 221 Å². The van der Waals surface area contributed by atoms with Gasteiger partial charge in [0.15, 0.2) is 16.6 Å². The number of hydrogen-bond donors (Lipinski definition) is 3. The van der Waals surface area contributed by atoms with E-state index in [-0.39, 0.29) is 33.6 Å². The Morgan fingerprint density at radius 1 is 1.03 bits per heavy atom. The van der Waals surface area contributed by atoms with E-state index in [0.717, 1.165) is 31.3 Å². The van der Waals surface area contributed by atoms with Gasteiger partial charge in [-0.25, -0.2) is 9.78 Å². The molecule has 1 aromatic heterocycles. The van der Waals surface area contributed by atoms with Crippen LogP contribution < -0.4 is 26.1 Å². The van der Waals surface area contributed by atoms with Gasteiger partial charge in [-0.2, -0.15) is 0 Å². The molecule has 1 heterocycles. The van der Waals surface area contributed by atoms with E-state index >= 15 is 0 Å². The molecule has 1 aromatic carbocycles. The van der Waals surface area contributed by atoms with Crippen molar-refractivity contribution in [2.45, 2.75) is 53.2 Å². The molecule has 2 aromatic rings. The summed E-state index contributed by atoms with van der Waals surface area (Å²) in [5.74, 6) is -4.06. The minimum atomic E-state index is -1.27. The van der Waals surface area contributed by atoms with Crippen molar-refractivity contribution in [2.75, 3.05) is 5.73 Å². The number of carbonyl (C=O) groups excluding carboxylic acids is 5. The van der Waals surface area contributed by atoms with Gasteiger partial charge in [0.1, 0.15) is 11.3 Å². The van der Waals surface area contributed by atoms with Gasteiger partial charge in [0, 0.05) is 24.8 Å². The number of ether oxygens (including phenoxy) is 3. The molecule has 0 radical (unpaired) electrons.